The van der Waals surface area contributed by atoms with Gasteiger partial charge in [-0.3, -0.25) is 4.79 Å². The third-order valence-electron chi connectivity index (χ3n) is 2.78. The van der Waals surface area contributed by atoms with Gasteiger partial charge < -0.3 is 15.7 Å². The van der Waals surface area contributed by atoms with Crippen LogP contribution in [-0.2, 0) is 4.79 Å². The maximum atomic E-state index is 11.8. The number of hydrogen-bond donors (Lipinski definition) is 3. The van der Waals surface area contributed by atoms with Gasteiger partial charge in [-0.05, 0) is 24.1 Å². The highest BCUT2D eigenvalue weighted by Crippen LogP contribution is 2.29. The zero-order chi connectivity index (χ0) is 12.6. The molecule has 0 spiro atoms. The first kappa shape index (κ1) is 11.4. The van der Waals surface area contributed by atoms with E-state index in [1.54, 1.807) is 6.07 Å². The molecule has 5 heteroatoms. The van der Waals surface area contributed by atoms with Gasteiger partial charge in [-0.15, -0.1) is 0 Å². The second kappa shape index (κ2) is 4.08. The summed E-state index contributed by atoms with van der Waals surface area (Å²) in [5.41, 5.74) is 1.44. The maximum absolute atomic E-state index is 11.8. The molecule has 1 aliphatic rings. The standard InChI is InChI=1S/C12H14N2O3/c1-6(2)10-11(15)14-9-5-7(12(16)17)3-4-8(9)13-10/h3-6,10,13H,1-2H3,(H,14,15)(H,16,17). The van der Waals surface area contributed by atoms with Gasteiger partial charge in [-0.25, -0.2) is 4.79 Å². The number of aromatic carboxylic acids is 1. The van der Waals surface area contributed by atoms with Gasteiger partial charge in [0.05, 0.1) is 16.9 Å². The van der Waals surface area contributed by atoms with Crippen molar-refractivity contribution in [2.75, 3.05) is 10.6 Å². The number of fused-ring (bicyclic) bond motifs is 1. The Morgan fingerprint density at radius 3 is 2.65 bits per heavy atom. The number of carbonyl (C=O) groups excluding carboxylic acids is 1. The smallest absolute Gasteiger partial charge is 0.335 e. The van der Waals surface area contributed by atoms with Crippen molar-refractivity contribution in [1.82, 2.24) is 0 Å². The van der Waals surface area contributed by atoms with Gasteiger partial charge in [0.25, 0.3) is 0 Å². The molecule has 0 saturated heterocycles. The van der Waals surface area contributed by atoms with E-state index < -0.39 is 5.97 Å². The normalized spacial score (nSPS) is 18.3. The first-order valence-electron chi connectivity index (χ1n) is 5.44. The zero-order valence-electron chi connectivity index (χ0n) is 9.65. The number of amides is 1. The van der Waals surface area contributed by atoms with Crippen molar-refractivity contribution < 1.29 is 14.7 Å². The number of carbonyl (C=O) groups is 2. The number of carboxylic acid groups (broad SMARTS) is 1. The van der Waals surface area contributed by atoms with E-state index in [9.17, 15) is 9.59 Å². The van der Waals surface area contributed by atoms with E-state index in [4.69, 9.17) is 5.11 Å². The Morgan fingerprint density at radius 1 is 1.35 bits per heavy atom. The topological polar surface area (TPSA) is 78.4 Å². The molecule has 1 atom stereocenters. The number of hydrogen-bond acceptors (Lipinski definition) is 3. The molecule has 5 nitrogen and oxygen atoms in total. The van der Waals surface area contributed by atoms with Crippen LogP contribution in [0, 0.1) is 5.92 Å². The zero-order valence-corrected chi connectivity index (χ0v) is 9.65. The highest BCUT2D eigenvalue weighted by Gasteiger charge is 2.28. The van der Waals surface area contributed by atoms with Crippen LogP contribution in [0.25, 0.3) is 0 Å². The molecule has 3 N–H and O–H groups in total. The maximum Gasteiger partial charge on any atom is 0.335 e. The molecule has 0 bridgehead atoms. The van der Waals surface area contributed by atoms with E-state index in [0.717, 1.165) is 5.69 Å². The summed E-state index contributed by atoms with van der Waals surface area (Å²) in [7, 11) is 0. The lowest BCUT2D eigenvalue weighted by atomic mass is 10.00. The lowest BCUT2D eigenvalue weighted by Crippen LogP contribution is -2.42. The van der Waals surface area contributed by atoms with Crippen LogP contribution in [0.4, 0.5) is 11.4 Å². The summed E-state index contributed by atoms with van der Waals surface area (Å²) in [6.45, 7) is 3.90. The summed E-state index contributed by atoms with van der Waals surface area (Å²) >= 11 is 0. The number of carboxylic acids is 1. The average Bonchev–Trinajstić information content (AvgIpc) is 2.26. The van der Waals surface area contributed by atoms with E-state index >= 15 is 0 Å². The fraction of sp³-hybridized carbons (Fsp3) is 0.333. The molecule has 0 aliphatic carbocycles. The summed E-state index contributed by atoms with van der Waals surface area (Å²) in [4.78, 5) is 22.6. The number of benzene rings is 1. The quantitative estimate of drug-likeness (QED) is 0.728. The van der Waals surface area contributed by atoms with Gasteiger partial charge in [0, 0.05) is 0 Å². The van der Waals surface area contributed by atoms with Crippen molar-refractivity contribution >= 4 is 23.3 Å². The van der Waals surface area contributed by atoms with Crippen molar-refractivity contribution in [2.24, 2.45) is 5.92 Å². The first-order chi connectivity index (χ1) is 7.99. The SMILES string of the molecule is CC(C)C1Nc2ccc(C(=O)O)cc2NC1=O. The van der Waals surface area contributed by atoms with Crippen LogP contribution in [0.1, 0.15) is 24.2 Å². The lowest BCUT2D eigenvalue weighted by molar-refractivity contribution is -0.117. The molecule has 0 fully saturated rings. The number of nitrogens with one attached hydrogen (secondary N) is 2. The van der Waals surface area contributed by atoms with Crippen molar-refractivity contribution in [3.63, 3.8) is 0 Å². The Balaban J connectivity index is 2.35. The van der Waals surface area contributed by atoms with E-state index in [-0.39, 0.29) is 23.4 Å². The highest BCUT2D eigenvalue weighted by molar-refractivity contribution is 6.04. The van der Waals surface area contributed by atoms with Crippen molar-refractivity contribution in [3.05, 3.63) is 23.8 Å². The first-order valence-corrected chi connectivity index (χ1v) is 5.44. The minimum Gasteiger partial charge on any atom is -0.478 e. The van der Waals surface area contributed by atoms with E-state index in [0.29, 0.717) is 5.69 Å². The van der Waals surface area contributed by atoms with Gasteiger partial charge in [0.2, 0.25) is 5.91 Å². The van der Waals surface area contributed by atoms with E-state index in [2.05, 4.69) is 10.6 Å². The van der Waals surface area contributed by atoms with Gasteiger partial charge in [-0.1, -0.05) is 13.8 Å². The van der Waals surface area contributed by atoms with Gasteiger partial charge in [0.15, 0.2) is 0 Å². The second-order valence-corrected chi connectivity index (χ2v) is 4.42. The van der Waals surface area contributed by atoms with E-state index in [1.165, 1.54) is 12.1 Å². The highest BCUT2D eigenvalue weighted by atomic mass is 16.4. The third-order valence-corrected chi connectivity index (χ3v) is 2.78. The van der Waals surface area contributed by atoms with Crippen molar-refractivity contribution in [2.45, 2.75) is 19.9 Å². The third kappa shape index (κ3) is 2.08. The molecule has 90 valence electrons. The predicted octanol–water partition coefficient (Wildman–Crippen LogP) is 1.77. The van der Waals surface area contributed by atoms with Crippen LogP contribution in [0.5, 0.6) is 0 Å². The largest absolute Gasteiger partial charge is 0.478 e. The molecule has 1 unspecified atom stereocenters. The molecule has 1 aromatic carbocycles. The molecule has 1 amide bonds. The molecule has 17 heavy (non-hydrogen) atoms. The van der Waals surface area contributed by atoms with Crippen molar-refractivity contribution in [1.29, 1.82) is 0 Å². The van der Waals surface area contributed by atoms with Gasteiger partial charge in [-0.2, -0.15) is 0 Å². The summed E-state index contributed by atoms with van der Waals surface area (Å²) < 4.78 is 0. The Morgan fingerprint density at radius 2 is 2.06 bits per heavy atom. The molecular formula is C12H14N2O3. The fourth-order valence-electron chi connectivity index (χ4n) is 1.82. The molecular weight excluding hydrogens is 220 g/mol. The van der Waals surface area contributed by atoms with Gasteiger partial charge >= 0.3 is 5.97 Å². The summed E-state index contributed by atoms with van der Waals surface area (Å²) in [5.74, 6) is -0.967. The second-order valence-electron chi connectivity index (χ2n) is 4.42. The molecule has 1 aromatic rings. The lowest BCUT2D eigenvalue weighted by Gasteiger charge is -2.29. The predicted molar refractivity (Wildman–Crippen MR) is 64.3 cm³/mol. The Labute approximate surface area is 98.8 Å². The molecule has 1 heterocycles. The molecule has 0 radical (unpaired) electrons. The number of anilines is 2. The fourth-order valence-corrected chi connectivity index (χ4v) is 1.82. The van der Waals surface area contributed by atoms with Crippen LogP contribution < -0.4 is 10.6 Å². The monoisotopic (exact) mass is 234 g/mol. The Hall–Kier alpha value is -2.04. The van der Waals surface area contributed by atoms with Crippen LogP contribution >= 0.6 is 0 Å². The Kier molecular flexibility index (Phi) is 2.75. The summed E-state index contributed by atoms with van der Waals surface area (Å²) in [6.07, 6.45) is 0. The van der Waals surface area contributed by atoms with Gasteiger partial charge in [0.1, 0.15) is 6.04 Å². The van der Waals surface area contributed by atoms with Crippen LogP contribution in [0.3, 0.4) is 0 Å². The average molecular weight is 234 g/mol. The number of rotatable bonds is 2. The van der Waals surface area contributed by atoms with Crippen LogP contribution in [0.15, 0.2) is 18.2 Å². The molecule has 0 aromatic heterocycles. The minimum absolute atomic E-state index is 0.130. The minimum atomic E-state index is -1.01. The van der Waals surface area contributed by atoms with Crippen molar-refractivity contribution in [3.8, 4) is 0 Å². The Bertz CT molecular complexity index is 483. The van der Waals surface area contributed by atoms with E-state index in [1.807, 2.05) is 13.8 Å². The molecule has 2 rings (SSSR count). The molecule has 0 saturated carbocycles. The van der Waals surface area contributed by atoms with Crippen LogP contribution in [-0.4, -0.2) is 23.0 Å². The molecule has 1 aliphatic heterocycles. The van der Waals surface area contributed by atoms with Crippen LogP contribution in [0.2, 0.25) is 0 Å². The summed E-state index contributed by atoms with van der Waals surface area (Å²) in [5, 5.41) is 14.7. The summed E-state index contributed by atoms with van der Waals surface area (Å²) in [6, 6.07) is 4.37.